The number of rotatable bonds is 11. The minimum Gasteiger partial charge on any atom is -1.00 e. The molecule has 0 saturated heterocycles. The average molecular weight is 481 g/mol. The van der Waals surface area contributed by atoms with E-state index in [1.54, 1.807) is 6.07 Å². The first kappa shape index (κ1) is 28.0. The second-order valence-electron chi connectivity index (χ2n) is 8.20. The standard InChI is InChI=1S/C26H32O7.Na.H/c1-4-7-19-22(10-8-18-9-11-23(26(29)30)33-25(18)19)31-12-6-13-32-24-15-21(28)20(16(3)27)14-17(24)5-2;;/h8,10,14-15,23,28H,4-7,9,11-13H2,1-3H3,(H,29,30);;/q;+1;-1. The fourth-order valence-corrected chi connectivity index (χ4v) is 4.02. The van der Waals surface area contributed by atoms with Crippen molar-refractivity contribution in [3.8, 4) is 23.0 Å². The van der Waals surface area contributed by atoms with Crippen LogP contribution in [-0.4, -0.2) is 41.3 Å². The van der Waals surface area contributed by atoms with Gasteiger partial charge in [-0.05, 0) is 55.9 Å². The summed E-state index contributed by atoms with van der Waals surface area (Å²) in [6.07, 6.45) is 3.23. The van der Waals surface area contributed by atoms with Crippen molar-refractivity contribution in [2.24, 2.45) is 0 Å². The van der Waals surface area contributed by atoms with Crippen molar-refractivity contribution in [3.05, 3.63) is 46.5 Å². The van der Waals surface area contributed by atoms with Crippen LogP contribution in [0.25, 0.3) is 0 Å². The third kappa shape index (κ3) is 6.68. The number of hydrogen-bond donors (Lipinski definition) is 2. The molecule has 1 unspecified atom stereocenters. The fourth-order valence-electron chi connectivity index (χ4n) is 4.02. The van der Waals surface area contributed by atoms with E-state index >= 15 is 0 Å². The van der Waals surface area contributed by atoms with E-state index in [-0.39, 0.29) is 42.5 Å². The van der Waals surface area contributed by atoms with Crippen LogP contribution in [0.15, 0.2) is 24.3 Å². The van der Waals surface area contributed by atoms with E-state index < -0.39 is 12.1 Å². The summed E-state index contributed by atoms with van der Waals surface area (Å²) in [7, 11) is 0. The van der Waals surface area contributed by atoms with Gasteiger partial charge in [0.05, 0.1) is 18.8 Å². The van der Waals surface area contributed by atoms with Crippen LogP contribution in [0.3, 0.4) is 0 Å². The van der Waals surface area contributed by atoms with Crippen LogP contribution < -0.4 is 43.8 Å². The number of carboxylic acid groups (broad SMARTS) is 1. The molecule has 0 aliphatic carbocycles. The molecule has 0 saturated carbocycles. The van der Waals surface area contributed by atoms with Gasteiger partial charge in [0.2, 0.25) is 0 Å². The second-order valence-corrected chi connectivity index (χ2v) is 8.20. The largest absolute Gasteiger partial charge is 1.00 e. The summed E-state index contributed by atoms with van der Waals surface area (Å²) in [4.78, 5) is 23.0. The Morgan fingerprint density at radius 1 is 1.15 bits per heavy atom. The van der Waals surface area contributed by atoms with Crippen molar-refractivity contribution < 1.29 is 65.0 Å². The van der Waals surface area contributed by atoms with Gasteiger partial charge in [-0.3, -0.25) is 4.79 Å². The van der Waals surface area contributed by atoms with Crippen LogP contribution >= 0.6 is 0 Å². The average Bonchev–Trinajstić information content (AvgIpc) is 2.79. The molecule has 0 amide bonds. The number of Topliss-reactive ketones (excluding diaryl/α,β-unsaturated/α-hetero) is 1. The quantitative estimate of drug-likeness (QED) is 0.288. The summed E-state index contributed by atoms with van der Waals surface area (Å²) in [5.41, 5.74) is 3.10. The first-order valence-corrected chi connectivity index (χ1v) is 11.5. The Labute approximate surface area is 224 Å². The van der Waals surface area contributed by atoms with Crippen LogP contribution in [0.4, 0.5) is 0 Å². The summed E-state index contributed by atoms with van der Waals surface area (Å²) in [6, 6.07) is 7.06. The van der Waals surface area contributed by atoms with E-state index in [0.29, 0.717) is 61.7 Å². The molecule has 2 aromatic rings. The number of phenolic OH excluding ortho intramolecular Hbond substituents is 1. The van der Waals surface area contributed by atoms with Gasteiger partial charge >= 0.3 is 35.5 Å². The Kier molecular flexibility index (Phi) is 10.7. The zero-order chi connectivity index (χ0) is 24.0. The molecular formula is C26H33NaO7. The predicted molar refractivity (Wildman–Crippen MR) is 125 cm³/mol. The molecule has 0 spiro atoms. The summed E-state index contributed by atoms with van der Waals surface area (Å²) in [6.45, 7) is 6.25. The molecule has 2 N–H and O–H groups in total. The van der Waals surface area contributed by atoms with Crippen LogP contribution in [0.2, 0.25) is 0 Å². The number of ether oxygens (including phenoxy) is 3. The van der Waals surface area contributed by atoms with Crippen molar-refractivity contribution in [2.45, 2.75) is 65.4 Å². The smallest absolute Gasteiger partial charge is 1.00 e. The van der Waals surface area contributed by atoms with E-state index in [9.17, 15) is 19.8 Å². The summed E-state index contributed by atoms with van der Waals surface area (Å²) >= 11 is 0. The van der Waals surface area contributed by atoms with Gasteiger partial charge in [-0.2, -0.15) is 0 Å². The summed E-state index contributed by atoms with van der Waals surface area (Å²) in [5.74, 6) is 0.712. The van der Waals surface area contributed by atoms with Gasteiger partial charge < -0.3 is 25.9 Å². The molecule has 8 heteroatoms. The number of aliphatic carboxylic acids is 1. The van der Waals surface area contributed by atoms with E-state index in [2.05, 4.69) is 6.92 Å². The van der Waals surface area contributed by atoms with Crippen molar-refractivity contribution >= 4 is 11.8 Å². The molecule has 0 fully saturated rings. The molecule has 1 aliphatic rings. The third-order valence-corrected chi connectivity index (χ3v) is 5.75. The van der Waals surface area contributed by atoms with Gasteiger partial charge in [0.1, 0.15) is 23.0 Å². The van der Waals surface area contributed by atoms with Crippen LogP contribution in [-0.2, 0) is 24.1 Å². The summed E-state index contributed by atoms with van der Waals surface area (Å²) in [5, 5.41) is 19.4. The third-order valence-electron chi connectivity index (χ3n) is 5.75. The Hall–Kier alpha value is -2.22. The Bertz CT molecular complexity index is 1030. The zero-order valence-electron chi connectivity index (χ0n) is 21.5. The maximum atomic E-state index is 11.6. The van der Waals surface area contributed by atoms with Gasteiger partial charge in [0.25, 0.3) is 0 Å². The zero-order valence-corrected chi connectivity index (χ0v) is 22.5. The van der Waals surface area contributed by atoms with Crippen LogP contribution in [0.1, 0.15) is 68.5 Å². The summed E-state index contributed by atoms with van der Waals surface area (Å²) < 4.78 is 17.7. The molecule has 1 heterocycles. The topological polar surface area (TPSA) is 102 Å². The maximum absolute atomic E-state index is 11.6. The number of fused-ring (bicyclic) bond motifs is 1. The Balaban J connectivity index is 0.00000306. The normalized spacial score (nSPS) is 14.4. The van der Waals surface area contributed by atoms with Gasteiger partial charge in [0, 0.05) is 18.1 Å². The molecule has 7 nitrogen and oxygen atoms in total. The number of aromatic hydroxyl groups is 1. The molecule has 0 aromatic heterocycles. The van der Waals surface area contributed by atoms with E-state index in [0.717, 1.165) is 29.5 Å². The first-order chi connectivity index (χ1) is 15.8. The van der Waals surface area contributed by atoms with Crippen molar-refractivity contribution in [3.63, 3.8) is 0 Å². The SMILES string of the molecule is CCCc1c(OCCCOc2cc(O)c(C(C)=O)cc2CC)ccc2c1OC(C(=O)O)CC2.[H-].[Na+]. The first-order valence-electron chi connectivity index (χ1n) is 11.5. The molecule has 34 heavy (non-hydrogen) atoms. The van der Waals surface area contributed by atoms with E-state index in [1.807, 2.05) is 19.1 Å². The van der Waals surface area contributed by atoms with Crippen LogP contribution in [0, 0.1) is 0 Å². The minimum atomic E-state index is -0.944. The molecule has 180 valence electrons. The molecule has 0 bridgehead atoms. The number of ketones is 1. The number of phenols is 1. The predicted octanol–water partition coefficient (Wildman–Crippen LogP) is 1.85. The molecule has 1 atom stereocenters. The van der Waals surface area contributed by atoms with Crippen LogP contribution in [0.5, 0.6) is 23.0 Å². The van der Waals surface area contributed by atoms with Crippen molar-refractivity contribution in [1.82, 2.24) is 0 Å². The van der Waals surface area contributed by atoms with Gasteiger partial charge in [0.15, 0.2) is 11.9 Å². The van der Waals surface area contributed by atoms with E-state index in [1.165, 1.54) is 13.0 Å². The number of aryl methyl sites for hydroxylation is 2. The van der Waals surface area contributed by atoms with Gasteiger partial charge in [-0.15, -0.1) is 0 Å². The fraction of sp³-hybridized carbons (Fsp3) is 0.462. The Morgan fingerprint density at radius 2 is 1.85 bits per heavy atom. The molecule has 2 aromatic carbocycles. The molecular weight excluding hydrogens is 447 g/mol. The number of hydrogen-bond acceptors (Lipinski definition) is 6. The number of carboxylic acids is 1. The Morgan fingerprint density at radius 3 is 2.47 bits per heavy atom. The molecule has 1 aliphatic heterocycles. The number of benzene rings is 2. The molecule has 3 rings (SSSR count). The van der Waals surface area contributed by atoms with Gasteiger partial charge in [-0.1, -0.05) is 26.3 Å². The monoisotopic (exact) mass is 480 g/mol. The minimum absolute atomic E-state index is 0. The molecule has 0 radical (unpaired) electrons. The van der Waals surface area contributed by atoms with Crippen molar-refractivity contribution in [1.29, 1.82) is 0 Å². The number of carbonyl (C=O) groups is 2. The maximum Gasteiger partial charge on any atom is 1.00 e. The number of carbonyl (C=O) groups excluding carboxylic acids is 1. The van der Waals surface area contributed by atoms with Gasteiger partial charge in [-0.25, -0.2) is 4.79 Å². The second kappa shape index (κ2) is 13.0. The van der Waals surface area contributed by atoms with Crippen molar-refractivity contribution in [2.75, 3.05) is 13.2 Å². The van der Waals surface area contributed by atoms with E-state index in [4.69, 9.17) is 14.2 Å².